The average molecular weight is 385 g/mol. The van der Waals surface area contributed by atoms with Crippen molar-refractivity contribution in [1.82, 2.24) is 25.2 Å². The molecule has 7 heteroatoms. The first-order valence-electron chi connectivity index (χ1n) is 10.2. The Hall–Kier alpha value is -2.41. The Morgan fingerprint density at radius 1 is 1.32 bits per heavy atom. The summed E-state index contributed by atoms with van der Waals surface area (Å²) in [5, 5.41) is 6.46. The van der Waals surface area contributed by atoms with Crippen molar-refractivity contribution >= 4 is 11.7 Å². The number of nitrogens with zero attached hydrogens (tertiary/aromatic N) is 4. The molecule has 1 aliphatic rings. The molecule has 1 amide bonds. The van der Waals surface area contributed by atoms with Crippen molar-refractivity contribution in [2.24, 2.45) is 0 Å². The molecule has 0 aliphatic carbocycles. The molecule has 2 atom stereocenters. The molecule has 1 aliphatic heterocycles. The number of amides is 1. The molecule has 3 rings (SSSR count). The molecule has 1 saturated heterocycles. The standard InChI is InChI=1S/C21H32N6O/c1-15(2)20-22-9-11-26(20)10-5-8-23-21(28)18-6-7-19(25-13-18)27-14-16(3)24-12-17(27)4/h6-7,9,11,13,15-17,24H,5,8,10,12,14H2,1-4H3,(H,23,28)/t16-,17+/m1/s1. The Morgan fingerprint density at radius 3 is 2.86 bits per heavy atom. The van der Waals surface area contributed by atoms with Gasteiger partial charge in [-0.05, 0) is 32.4 Å². The van der Waals surface area contributed by atoms with E-state index >= 15 is 0 Å². The Morgan fingerprint density at radius 2 is 2.14 bits per heavy atom. The van der Waals surface area contributed by atoms with Crippen LogP contribution < -0.4 is 15.5 Å². The predicted octanol–water partition coefficient (Wildman–Crippen LogP) is 2.41. The van der Waals surface area contributed by atoms with Crippen LogP contribution in [0.4, 0.5) is 5.82 Å². The zero-order valence-electron chi connectivity index (χ0n) is 17.4. The first-order valence-corrected chi connectivity index (χ1v) is 10.2. The predicted molar refractivity (Wildman–Crippen MR) is 112 cm³/mol. The van der Waals surface area contributed by atoms with E-state index in [0.29, 0.717) is 30.1 Å². The summed E-state index contributed by atoms with van der Waals surface area (Å²) < 4.78 is 2.16. The normalized spacial score (nSPS) is 19.8. The second-order valence-corrected chi connectivity index (χ2v) is 7.96. The fraction of sp³-hybridized carbons (Fsp3) is 0.571. The maximum atomic E-state index is 12.4. The third-order valence-electron chi connectivity index (χ3n) is 5.19. The second-order valence-electron chi connectivity index (χ2n) is 7.96. The van der Waals surface area contributed by atoms with Crippen molar-refractivity contribution < 1.29 is 4.79 Å². The van der Waals surface area contributed by atoms with Crippen LogP contribution in [0.3, 0.4) is 0 Å². The number of carbonyl (C=O) groups excluding carboxylic acids is 1. The van der Waals surface area contributed by atoms with Gasteiger partial charge in [0.25, 0.3) is 5.91 Å². The number of carbonyl (C=O) groups is 1. The van der Waals surface area contributed by atoms with Gasteiger partial charge in [0, 0.05) is 62.8 Å². The van der Waals surface area contributed by atoms with E-state index in [1.165, 1.54) is 0 Å². The lowest BCUT2D eigenvalue weighted by molar-refractivity contribution is 0.0952. The van der Waals surface area contributed by atoms with Gasteiger partial charge in [-0.2, -0.15) is 0 Å². The summed E-state index contributed by atoms with van der Waals surface area (Å²) in [6.45, 7) is 12.0. The lowest BCUT2D eigenvalue weighted by atomic mass is 10.1. The third-order valence-corrected chi connectivity index (χ3v) is 5.19. The summed E-state index contributed by atoms with van der Waals surface area (Å²) in [4.78, 5) is 23.6. The van der Waals surface area contributed by atoms with Crippen LogP contribution in [0.5, 0.6) is 0 Å². The fourth-order valence-electron chi connectivity index (χ4n) is 3.59. The van der Waals surface area contributed by atoms with E-state index in [4.69, 9.17) is 0 Å². The van der Waals surface area contributed by atoms with Crippen LogP contribution in [0.1, 0.15) is 56.2 Å². The first-order chi connectivity index (χ1) is 13.5. The number of anilines is 1. The number of nitrogens with one attached hydrogen (secondary N) is 2. The van der Waals surface area contributed by atoms with E-state index in [1.807, 2.05) is 24.5 Å². The minimum Gasteiger partial charge on any atom is -0.352 e. The van der Waals surface area contributed by atoms with Crippen LogP contribution in [0.25, 0.3) is 0 Å². The highest BCUT2D eigenvalue weighted by atomic mass is 16.1. The van der Waals surface area contributed by atoms with Gasteiger partial charge in [-0.1, -0.05) is 13.8 Å². The van der Waals surface area contributed by atoms with Gasteiger partial charge in [0.1, 0.15) is 11.6 Å². The van der Waals surface area contributed by atoms with Gasteiger partial charge in [0.15, 0.2) is 0 Å². The van der Waals surface area contributed by atoms with Crippen LogP contribution in [-0.4, -0.2) is 52.2 Å². The molecule has 0 radical (unpaired) electrons. The molecule has 28 heavy (non-hydrogen) atoms. The van der Waals surface area contributed by atoms with Gasteiger partial charge < -0.3 is 20.1 Å². The summed E-state index contributed by atoms with van der Waals surface area (Å²) in [5.74, 6) is 2.34. The number of aryl methyl sites for hydroxylation is 1. The average Bonchev–Trinajstić information content (AvgIpc) is 3.16. The van der Waals surface area contributed by atoms with E-state index in [0.717, 1.165) is 37.7 Å². The SMILES string of the molecule is CC(C)c1nccn1CCCNC(=O)c1ccc(N2C[C@@H](C)NC[C@@H]2C)nc1. The third kappa shape index (κ3) is 4.90. The second kappa shape index (κ2) is 9.19. The van der Waals surface area contributed by atoms with Gasteiger partial charge in [-0.25, -0.2) is 9.97 Å². The lowest BCUT2D eigenvalue weighted by Crippen LogP contribution is -2.54. The molecular formula is C21H32N6O. The molecule has 0 bridgehead atoms. The van der Waals surface area contributed by atoms with E-state index < -0.39 is 0 Å². The summed E-state index contributed by atoms with van der Waals surface area (Å²) >= 11 is 0. The van der Waals surface area contributed by atoms with E-state index in [2.05, 4.69) is 57.8 Å². The number of imidazole rings is 1. The Labute approximate surface area is 167 Å². The number of piperazine rings is 1. The summed E-state index contributed by atoms with van der Waals surface area (Å²) in [6, 6.07) is 4.64. The van der Waals surface area contributed by atoms with Crippen LogP contribution >= 0.6 is 0 Å². The quantitative estimate of drug-likeness (QED) is 0.717. The van der Waals surface area contributed by atoms with Gasteiger partial charge in [-0.15, -0.1) is 0 Å². The number of pyridine rings is 1. The molecule has 7 nitrogen and oxygen atoms in total. The zero-order chi connectivity index (χ0) is 20.1. The molecule has 3 heterocycles. The molecule has 0 spiro atoms. The van der Waals surface area contributed by atoms with Crippen LogP contribution in [-0.2, 0) is 6.54 Å². The highest BCUT2D eigenvalue weighted by molar-refractivity contribution is 5.94. The molecule has 0 aromatic carbocycles. The molecule has 0 saturated carbocycles. The van der Waals surface area contributed by atoms with Crippen molar-refractivity contribution in [3.8, 4) is 0 Å². The highest BCUT2D eigenvalue weighted by Crippen LogP contribution is 2.17. The minimum absolute atomic E-state index is 0.0736. The smallest absolute Gasteiger partial charge is 0.252 e. The minimum atomic E-state index is -0.0736. The van der Waals surface area contributed by atoms with Crippen LogP contribution in [0.2, 0.25) is 0 Å². The van der Waals surface area contributed by atoms with E-state index in [1.54, 1.807) is 6.20 Å². The fourth-order valence-corrected chi connectivity index (χ4v) is 3.59. The van der Waals surface area contributed by atoms with Gasteiger partial charge in [0.05, 0.1) is 5.56 Å². The number of hydrogen-bond acceptors (Lipinski definition) is 5. The highest BCUT2D eigenvalue weighted by Gasteiger charge is 2.23. The number of aromatic nitrogens is 3. The van der Waals surface area contributed by atoms with Gasteiger partial charge >= 0.3 is 0 Å². The number of rotatable bonds is 7. The molecule has 1 fully saturated rings. The van der Waals surface area contributed by atoms with E-state index in [-0.39, 0.29) is 5.91 Å². The van der Waals surface area contributed by atoms with E-state index in [9.17, 15) is 4.79 Å². The van der Waals surface area contributed by atoms with Crippen molar-refractivity contribution in [2.75, 3.05) is 24.5 Å². The Kier molecular flexibility index (Phi) is 6.67. The molecular weight excluding hydrogens is 352 g/mol. The van der Waals surface area contributed by atoms with Gasteiger partial charge in [-0.3, -0.25) is 4.79 Å². The monoisotopic (exact) mass is 384 g/mol. The maximum absolute atomic E-state index is 12.4. The summed E-state index contributed by atoms with van der Waals surface area (Å²) in [6.07, 6.45) is 6.37. The summed E-state index contributed by atoms with van der Waals surface area (Å²) in [5.41, 5.74) is 0.602. The molecule has 2 aromatic heterocycles. The topological polar surface area (TPSA) is 75.1 Å². The lowest BCUT2D eigenvalue weighted by Gasteiger charge is -2.38. The molecule has 2 aromatic rings. The first kappa shape index (κ1) is 20.3. The molecule has 2 N–H and O–H groups in total. The Bertz CT molecular complexity index is 769. The molecule has 152 valence electrons. The van der Waals surface area contributed by atoms with Crippen molar-refractivity contribution in [3.05, 3.63) is 42.1 Å². The van der Waals surface area contributed by atoms with Crippen LogP contribution in [0.15, 0.2) is 30.7 Å². The van der Waals surface area contributed by atoms with Crippen LogP contribution in [0, 0.1) is 0 Å². The van der Waals surface area contributed by atoms with Gasteiger partial charge in [0.2, 0.25) is 0 Å². The largest absolute Gasteiger partial charge is 0.352 e. The van der Waals surface area contributed by atoms with Crippen molar-refractivity contribution in [1.29, 1.82) is 0 Å². The summed E-state index contributed by atoms with van der Waals surface area (Å²) in [7, 11) is 0. The molecule has 0 unspecified atom stereocenters. The van der Waals surface area contributed by atoms with Crippen molar-refractivity contribution in [3.63, 3.8) is 0 Å². The Balaban J connectivity index is 1.49. The van der Waals surface area contributed by atoms with Crippen molar-refractivity contribution in [2.45, 2.75) is 58.7 Å². The number of hydrogen-bond donors (Lipinski definition) is 2. The zero-order valence-corrected chi connectivity index (χ0v) is 17.4. The maximum Gasteiger partial charge on any atom is 0.252 e.